The highest BCUT2D eigenvalue weighted by atomic mass is 32.1. The first-order valence-electron chi connectivity index (χ1n) is 9.10. The van der Waals surface area contributed by atoms with E-state index >= 15 is 0 Å². The van der Waals surface area contributed by atoms with Crippen LogP contribution in [-0.2, 0) is 12.8 Å². The monoisotopic (exact) mass is 373 g/mol. The van der Waals surface area contributed by atoms with Gasteiger partial charge in [-0.05, 0) is 42.9 Å². The van der Waals surface area contributed by atoms with Gasteiger partial charge in [0, 0.05) is 44.7 Å². The summed E-state index contributed by atoms with van der Waals surface area (Å²) in [7, 11) is 0. The van der Waals surface area contributed by atoms with Crippen LogP contribution in [0.2, 0.25) is 0 Å². The topological polar surface area (TPSA) is 66.4 Å². The Hall–Kier alpha value is -1.72. The molecule has 0 saturated carbocycles. The Kier molecular flexibility index (Phi) is 4.97. The molecule has 1 aromatic heterocycles. The molecule has 0 unspecified atom stereocenters. The lowest BCUT2D eigenvalue weighted by atomic mass is 9.77. The van der Waals surface area contributed by atoms with Crippen molar-refractivity contribution in [1.29, 1.82) is 0 Å². The highest BCUT2D eigenvalue weighted by Gasteiger charge is 2.28. The number of amides is 1. The van der Waals surface area contributed by atoms with Crippen molar-refractivity contribution in [2.45, 2.75) is 47.0 Å². The molecule has 0 radical (unpaired) electrons. The SMILES string of the molecule is CC(C)(CO)CNC(=O)c1ccc2c(=O)c3c(sc2c1)CC(C)(C)CC3. The molecule has 3 rings (SSSR count). The number of carbonyl (C=O) groups excluding carboxylic acids is 1. The van der Waals surface area contributed by atoms with Gasteiger partial charge in [0.15, 0.2) is 5.43 Å². The normalized spacial score (nSPS) is 16.3. The lowest BCUT2D eigenvalue weighted by Crippen LogP contribution is -2.36. The molecule has 4 nitrogen and oxygen atoms in total. The predicted molar refractivity (Wildman–Crippen MR) is 107 cm³/mol. The summed E-state index contributed by atoms with van der Waals surface area (Å²) in [6.45, 7) is 8.68. The summed E-state index contributed by atoms with van der Waals surface area (Å²) in [5, 5.41) is 12.9. The third-order valence-corrected chi connectivity index (χ3v) is 6.37. The van der Waals surface area contributed by atoms with Gasteiger partial charge in [-0.2, -0.15) is 0 Å². The quantitative estimate of drug-likeness (QED) is 0.862. The molecule has 1 aliphatic rings. The minimum Gasteiger partial charge on any atom is -0.396 e. The van der Waals surface area contributed by atoms with E-state index in [-0.39, 0.29) is 28.8 Å². The van der Waals surface area contributed by atoms with Gasteiger partial charge in [0.2, 0.25) is 0 Å². The van der Waals surface area contributed by atoms with Crippen LogP contribution in [-0.4, -0.2) is 24.2 Å². The number of hydrogen-bond donors (Lipinski definition) is 2. The first-order chi connectivity index (χ1) is 12.1. The van der Waals surface area contributed by atoms with E-state index in [9.17, 15) is 14.7 Å². The summed E-state index contributed by atoms with van der Waals surface area (Å²) in [4.78, 5) is 26.5. The summed E-state index contributed by atoms with van der Waals surface area (Å²) in [6, 6.07) is 5.32. The van der Waals surface area contributed by atoms with Gasteiger partial charge in [-0.15, -0.1) is 11.3 Å². The van der Waals surface area contributed by atoms with Crippen molar-refractivity contribution in [3.8, 4) is 0 Å². The number of nitrogens with one attached hydrogen (secondary N) is 1. The van der Waals surface area contributed by atoms with E-state index in [0.717, 1.165) is 34.4 Å². The van der Waals surface area contributed by atoms with E-state index in [1.807, 2.05) is 19.9 Å². The van der Waals surface area contributed by atoms with Crippen molar-refractivity contribution in [3.63, 3.8) is 0 Å². The minimum atomic E-state index is -0.359. The number of hydrogen-bond acceptors (Lipinski definition) is 4. The average Bonchev–Trinajstić information content (AvgIpc) is 2.58. The highest BCUT2D eigenvalue weighted by molar-refractivity contribution is 7.18. The van der Waals surface area contributed by atoms with E-state index in [0.29, 0.717) is 17.5 Å². The van der Waals surface area contributed by atoms with E-state index in [1.165, 1.54) is 0 Å². The summed E-state index contributed by atoms with van der Waals surface area (Å²) < 4.78 is 0.875. The van der Waals surface area contributed by atoms with Crippen LogP contribution in [0.5, 0.6) is 0 Å². The molecule has 0 spiro atoms. The van der Waals surface area contributed by atoms with E-state index < -0.39 is 0 Å². The molecule has 1 heterocycles. The van der Waals surface area contributed by atoms with E-state index in [2.05, 4.69) is 19.2 Å². The standard InChI is InChI=1S/C21H27NO3S/c1-20(2)8-7-15-17(10-20)26-16-9-13(5-6-14(16)18(15)24)19(25)22-11-21(3,4)12-23/h5-6,9,23H,7-8,10-12H2,1-4H3,(H,22,25). The number of rotatable bonds is 4. The molecular formula is C21H27NO3S. The second kappa shape index (κ2) is 6.78. The van der Waals surface area contributed by atoms with Crippen LogP contribution in [0.15, 0.2) is 23.0 Å². The first-order valence-corrected chi connectivity index (χ1v) is 9.91. The molecule has 0 aliphatic heterocycles. The molecule has 0 fully saturated rings. The fourth-order valence-electron chi connectivity index (χ4n) is 3.28. The van der Waals surface area contributed by atoms with Gasteiger partial charge in [0.25, 0.3) is 5.91 Å². The lowest BCUT2D eigenvalue weighted by molar-refractivity contribution is 0.0911. The first kappa shape index (κ1) is 19.1. The zero-order valence-corrected chi connectivity index (χ0v) is 16.8. The van der Waals surface area contributed by atoms with Crippen LogP contribution < -0.4 is 10.7 Å². The third kappa shape index (κ3) is 3.84. The number of fused-ring (bicyclic) bond motifs is 2. The number of aliphatic hydroxyl groups excluding tert-OH is 1. The van der Waals surface area contributed by atoms with Crippen molar-refractivity contribution in [3.05, 3.63) is 44.4 Å². The van der Waals surface area contributed by atoms with Crippen LogP contribution in [0, 0.1) is 10.8 Å². The van der Waals surface area contributed by atoms with Gasteiger partial charge in [0.1, 0.15) is 0 Å². The maximum absolute atomic E-state index is 12.8. The summed E-state index contributed by atoms with van der Waals surface area (Å²) in [6.07, 6.45) is 2.79. The maximum Gasteiger partial charge on any atom is 0.251 e. The zero-order chi connectivity index (χ0) is 19.1. The van der Waals surface area contributed by atoms with Gasteiger partial charge in [-0.25, -0.2) is 0 Å². The van der Waals surface area contributed by atoms with Crippen molar-refractivity contribution in [2.24, 2.45) is 10.8 Å². The van der Waals surface area contributed by atoms with Crippen LogP contribution in [0.1, 0.15) is 54.9 Å². The number of benzene rings is 1. The molecule has 0 bridgehead atoms. The summed E-state index contributed by atoms with van der Waals surface area (Å²) >= 11 is 1.65. The third-order valence-electron chi connectivity index (χ3n) is 5.18. The molecule has 1 amide bonds. The maximum atomic E-state index is 12.8. The second-order valence-electron chi connectivity index (χ2n) is 8.89. The molecule has 0 saturated heterocycles. The summed E-state index contributed by atoms with van der Waals surface area (Å²) in [5.74, 6) is -0.175. The van der Waals surface area contributed by atoms with Gasteiger partial charge >= 0.3 is 0 Å². The smallest absolute Gasteiger partial charge is 0.251 e. The van der Waals surface area contributed by atoms with Crippen LogP contribution in [0.25, 0.3) is 10.1 Å². The summed E-state index contributed by atoms with van der Waals surface area (Å²) in [5.41, 5.74) is 1.49. The Morgan fingerprint density at radius 3 is 2.77 bits per heavy atom. The highest BCUT2D eigenvalue weighted by Crippen LogP contribution is 2.37. The molecule has 0 atom stereocenters. The Morgan fingerprint density at radius 1 is 1.35 bits per heavy atom. The van der Waals surface area contributed by atoms with Crippen molar-refractivity contribution in [1.82, 2.24) is 5.32 Å². The zero-order valence-electron chi connectivity index (χ0n) is 15.9. The molecule has 140 valence electrons. The van der Waals surface area contributed by atoms with Gasteiger partial charge < -0.3 is 10.4 Å². The Morgan fingerprint density at radius 2 is 2.08 bits per heavy atom. The molecule has 26 heavy (non-hydrogen) atoms. The van der Waals surface area contributed by atoms with E-state index in [4.69, 9.17) is 0 Å². The largest absolute Gasteiger partial charge is 0.396 e. The number of aliphatic hydroxyl groups is 1. The molecule has 1 aliphatic carbocycles. The van der Waals surface area contributed by atoms with Crippen molar-refractivity contribution >= 4 is 27.3 Å². The van der Waals surface area contributed by atoms with Crippen LogP contribution >= 0.6 is 11.3 Å². The van der Waals surface area contributed by atoms with Crippen molar-refractivity contribution in [2.75, 3.05) is 13.2 Å². The van der Waals surface area contributed by atoms with Crippen molar-refractivity contribution < 1.29 is 9.90 Å². The molecule has 1 aromatic carbocycles. The van der Waals surface area contributed by atoms with Gasteiger partial charge in [0.05, 0.1) is 0 Å². The molecule has 5 heteroatoms. The van der Waals surface area contributed by atoms with E-state index in [1.54, 1.807) is 23.5 Å². The van der Waals surface area contributed by atoms with Gasteiger partial charge in [-0.3, -0.25) is 9.59 Å². The van der Waals surface area contributed by atoms with Gasteiger partial charge in [-0.1, -0.05) is 27.7 Å². The predicted octanol–water partition coefficient (Wildman–Crippen LogP) is 3.52. The molecule has 2 aromatic rings. The molecule has 2 N–H and O–H groups in total. The Labute approximate surface area is 158 Å². The lowest BCUT2D eigenvalue weighted by Gasteiger charge is -2.30. The fourth-order valence-corrected chi connectivity index (χ4v) is 4.78. The average molecular weight is 374 g/mol. The minimum absolute atomic E-state index is 0.00847. The Balaban J connectivity index is 1.94. The second-order valence-corrected chi connectivity index (χ2v) is 10.0. The fraction of sp³-hybridized carbons (Fsp3) is 0.524. The number of carbonyl (C=O) groups is 1. The Bertz CT molecular complexity index is 911. The van der Waals surface area contributed by atoms with Crippen LogP contribution in [0.3, 0.4) is 0 Å². The molecular weight excluding hydrogens is 346 g/mol. The van der Waals surface area contributed by atoms with Crippen LogP contribution in [0.4, 0.5) is 0 Å².